The standard InChI is InChI=1S/C21H26N4O2/c1-2-10-25-19-9-8-17(21(25)27)13-23(15-19)20(26)18-11-22-24(14-18)12-16-6-4-3-5-7-16/h3-7,11,14,17,19H,2,8-10,12-13,15H2,1H3/t17-,19+/m1/s1. The van der Waals surface area contributed by atoms with Crippen molar-refractivity contribution in [3.63, 3.8) is 0 Å². The van der Waals surface area contributed by atoms with E-state index in [0.717, 1.165) is 31.4 Å². The molecule has 2 atom stereocenters. The largest absolute Gasteiger partial charge is 0.338 e. The molecule has 6 heteroatoms. The highest BCUT2D eigenvalue weighted by Gasteiger charge is 2.41. The lowest BCUT2D eigenvalue weighted by Crippen LogP contribution is -2.48. The van der Waals surface area contributed by atoms with Crippen LogP contribution in [0.5, 0.6) is 0 Å². The van der Waals surface area contributed by atoms with E-state index in [1.165, 1.54) is 0 Å². The van der Waals surface area contributed by atoms with Gasteiger partial charge in [-0.05, 0) is 24.8 Å². The third-order valence-electron chi connectivity index (χ3n) is 5.61. The molecule has 0 N–H and O–H groups in total. The molecule has 0 aliphatic carbocycles. The molecule has 3 saturated heterocycles. The highest BCUT2D eigenvalue weighted by atomic mass is 16.2. The Labute approximate surface area is 159 Å². The van der Waals surface area contributed by atoms with Crippen LogP contribution in [0.25, 0.3) is 0 Å². The summed E-state index contributed by atoms with van der Waals surface area (Å²) in [6.07, 6.45) is 6.29. The first-order valence-corrected chi connectivity index (χ1v) is 9.82. The van der Waals surface area contributed by atoms with E-state index in [1.807, 2.05) is 46.3 Å². The van der Waals surface area contributed by atoms with Crippen LogP contribution < -0.4 is 0 Å². The number of carbonyl (C=O) groups is 2. The van der Waals surface area contributed by atoms with Crippen LogP contribution in [-0.4, -0.2) is 57.1 Å². The Kier molecular flexibility index (Phi) is 4.97. The number of aromatic nitrogens is 2. The van der Waals surface area contributed by atoms with E-state index in [0.29, 0.717) is 25.2 Å². The molecule has 142 valence electrons. The lowest BCUT2D eigenvalue weighted by molar-refractivity contribution is -0.139. The van der Waals surface area contributed by atoms with Gasteiger partial charge in [0, 0.05) is 31.9 Å². The normalized spacial score (nSPS) is 22.2. The summed E-state index contributed by atoms with van der Waals surface area (Å²) in [4.78, 5) is 29.6. The van der Waals surface area contributed by atoms with E-state index in [1.54, 1.807) is 10.9 Å². The molecule has 2 amide bonds. The maximum Gasteiger partial charge on any atom is 0.257 e. The van der Waals surface area contributed by atoms with Crippen LogP contribution in [0.15, 0.2) is 42.7 Å². The van der Waals surface area contributed by atoms with Crippen LogP contribution >= 0.6 is 0 Å². The highest BCUT2D eigenvalue weighted by molar-refractivity contribution is 5.94. The van der Waals surface area contributed by atoms with Gasteiger partial charge in [-0.25, -0.2) is 0 Å². The summed E-state index contributed by atoms with van der Waals surface area (Å²) >= 11 is 0. The predicted octanol–water partition coefficient (Wildman–Crippen LogP) is 2.40. The van der Waals surface area contributed by atoms with Crippen LogP contribution in [0.1, 0.15) is 42.1 Å². The zero-order chi connectivity index (χ0) is 18.8. The summed E-state index contributed by atoms with van der Waals surface area (Å²) in [6.45, 7) is 4.68. The molecule has 0 unspecified atom stereocenters. The average Bonchev–Trinajstić information content (AvgIpc) is 2.97. The van der Waals surface area contributed by atoms with Crippen LogP contribution in [0, 0.1) is 5.92 Å². The molecule has 3 aliphatic rings. The molecule has 5 rings (SSSR count). The van der Waals surface area contributed by atoms with Crippen molar-refractivity contribution in [1.29, 1.82) is 0 Å². The van der Waals surface area contributed by atoms with Gasteiger partial charge in [-0.3, -0.25) is 14.3 Å². The summed E-state index contributed by atoms with van der Waals surface area (Å²) in [5.74, 6) is 0.152. The molecule has 1 aromatic carbocycles. The summed E-state index contributed by atoms with van der Waals surface area (Å²) in [5.41, 5.74) is 1.75. The Balaban J connectivity index is 1.48. The summed E-state index contributed by atoms with van der Waals surface area (Å²) in [5, 5.41) is 4.36. The third kappa shape index (κ3) is 3.61. The van der Waals surface area contributed by atoms with E-state index < -0.39 is 0 Å². The van der Waals surface area contributed by atoms with Gasteiger partial charge in [0.05, 0.1) is 24.2 Å². The minimum absolute atomic E-state index is 0.0163. The lowest BCUT2D eigenvalue weighted by atomic mass is 9.94. The molecule has 3 fully saturated rings. The fraction of sp³-hybridized carbons (Fsp3) is 0.476. The molecule has 4 heterocycles. The quantitative estimate of drug-likeness (QED) is 0.816. The number of rotatable bonds is 5. The van der Waals surface area contributed by atoms with Crippen molar-refractivity contribution < 1.29 is 9.59 Å². The Morgan fingerprint density at radius 1 is 1.19 bits per heavy atom. The topological polar surface area (TPSA) is 58.4 Å². The van der Waals surface area contributed by atoms with Gasteiger partial charge in [0.15, 0.2) is 0 Å². The number of hydrogen-bond donors (Lipinski definition) is 0. The molecule has 0 radical (unpaired) electrons. The van der Waals surface area contributed by atoms with Crippen molar-refractivity contribution in [3.05, 3.63) is 53.9 Å². The van der Waals surface area contributed by atoms with Crippen molar-refractivity contribution in [2.45, 2.75) is 38.8 Å². The van der Waals surface area contributed by atoms with Crippen LogP contribution in [-0.2, 0) is 11.3 Å². The number of hydrogen-bond acceptors (Lipinski definition) is 3. The third-order valence-corrected chi connectivity index (χ3v) is 5.61. The number of nitrogens with zero attached hydrogens (tertiary/aromatic N) is 4. The van der Waals surface area contributed by atoms with E-state index in [4.69, 9.17) is 0 Å². The number of fused-ring (bicyclic) bond motifs is 4. The van der Waals surface area contributed by atoms with E-state index in [2.05, 4.69) is 12.0 Å². The lowest BCUT2D eigenvalue weighted by Gasteiger charge is -2.35. The summed E-state index contributed by atoms with van der Waals surface area (Å²) in [6, 6.07) is 10.2. The van der Waals surface area contributed by atoms with Gasteiger partial charge in [0.2, 0.25) is 5.91 Å². The molecule has 3 aliphatic heterocycles. The number of amides is 2. The van der Waals surface area contributed by atoms with Crippen LogP contribution in [0.2, 0.25) is 0 Å². The minimum Gasteiger partial charge on any atom is -0.338 e. The first kappa shape index (κ1) is 17.8. The second-order valence-corrected chi connectivity index (χ2v) is 7.58. The van der Waals surface area contributed by atoms with E-state index in [9.17, 15) is 9.59 Å². The van der Waals surface area contributed by atoms with Gasteiger partial charge >= 0.3 is 0 Å². The summed E-state index contributed by atoms with van der Waals surface area (Å²) in [7, 11) is 0. The Morgan fingerprint density at radius 2 is 2.00 bits per heavy atom. The number of piperidine rings is 1. The van der Waals surface area contributed by atoms with Crippen molar-refractivity contribution >= 4 is 11.8 Å². The van der Waals surface area contributed by atoms with Crippen molar-refractivity contribution in [3.8, 4) is 0 Å². The fourth-order valence-electron chi connectivity index (χ4n) is 4.25. The average molecular weight is 366 g/mol. The molecule has 0 spiro atoms. The minimum atomic E-state index is -0.0568. The van der Waals surface area contributed by atoms with Gasteiger partial charge < -0.3 is 9.80 Å². The maximum atomic E-state index is 13.1. The monoisotopic (exact) mass is 366 g/mol. The van der Waals surface area contributed by atoms with Gasteiger partial charge in [0.1, 0.15) is 0 Å². The van der Waals surface area contributed by atoms with Crippen LogP contribution in [0.4, 0.5) is 0 Å². The van der Waals surface area contributed by atoms with Gasteiger partial charge in [-0.1, -0.05) is 37.3 Å². The SMILES string of the molecule is CCCN1C(=O)[C@@H]2CC[C@H]1CN(C(=O)c1cnn(Cc3ccccc3)c1)C2. The zero-order valence-corrected chi connectivity index (χ0v) is 15.8. The first-order chi connectivity index (χ1) is 13.2. The molecule has 2 aromatic rings. The molecule has 6 nitrogen and oxygen atoms in total. The highest BCUT2D eigenvalue weighted by Crippen LogP contribution is 2.30. The Bertz CT molecular complexity index is 817. The Hall–Kier alpha value is -2.63. The van der Waals surface area contributed by atoms with Crippen LogP contribution in [0.3, 0.4) is 0 Å². The molecule has 0 saturated carbocycles. The number of benzene rings is 1. The van der Waals surface area contributed by atoms with Crippen molar-refractivity contribution in [2.75, 3.05) is 19.6 Å². The molecule has 1 aromatic heterocycles. The van der Waals surface area contributed by atoms with E-state index >= 15 is 0 Å². The summed E-state index contributed by atoms with van der Waals surface area (Å²) < 4.78 is 1.80. The molecular formula is C21H26N4O2. The van der Waals surface area contributed by atoms with Gasteiger partial charge in [-0.15, -0.1) is 0 Å². The van der Waals surface area contributed by atoms with Crippen molar-refractivity contribution in [1.82, 2.24) is 19.6 Å². The molecule has 27 heavy (non-hydrogen) atoms. The van der Waals surface area contributed by atoms with Crippen molar-refractivity contribution in [2.24, 2.45) is 5.92 Å². The fourth-order valence-corrected chi connectivity index (χ4v) is 4.25. The van der Waals surface area contributed by atoms with Gasteiger partial charge in [0.25, 0.3) is 5.91 Å². The van der Waals surface area contributed by atoms with Gasteiger partial charge in [-0.2, -0.15) is 5.10 Å². The van der Waals surface area contributed by atoms with E-state index in [-0.39, 0.29) is 23.8 Å². The first-order valence-electron chi connectivity index (χ1n) is 9.82. The zero-order valence-electron chi connectivity index (χ0n) is 15.8. The smallest absolute Gasteiger partial charge is 0.257 e. The number of carbonyl (C=O) groups excluding carboxylic acids is 2. The Morgan fingerprint density at radius 3 is 2.78 bits per heavy atom. The maximum absolute atomic E-state index is 13.1. The molecular weight excluding hydrogens is 340 g/mol. The predicted molar refractivity (Wildman–Crippen MR) is 102 cm³/mol. The second kappa shape index (κ2) is 7.55. The second-order valence-electron chi connectivity index (χ2n) is 7.58. The molecule has 2 bridgehead atoms.